The lowest BCUT2D eigenvalue weighted by atomic mass is 10.3. The van der Waals surface area contributed by atoms with E-state index in [2.05, 4.69) is 0 Å². The predicted molar refractivity (Wildman–Crippen MR) is 65.8 cm³/mol. The number of ether oxygens (including phenoxy) is 1. The average molecular weight is 260 g/mol. The number of benzene rings is 1. The van der Waals surface area contributed by atoms with Gasteiger partial charge in [0, 0.05) is 10.7 Å². The second-order valence-electron chi connectivity index (χ2n) is 3.96. The smallest absolute Gasteiger partial charge is 0.126 e. The molecule has 0 amide bonds. The minimum absolute atomic E-state index is 0.195. The summed E-state index contributed by atoms with van der Waals surface area (Å²) in [5.74, 6) is 0.870. The topological polar surface area (TPSA) is 52.3 Å². The Morgan fingerprint density at radius 2 is 2.25 bits per heavy atom. The van der Waals surface area contributed by atoms with Crippen LogP contribution >= 0.6 is 11.6 Å². The van der Waals surface area contributed by atoms with E-state index in [1.807, 2.05) is 0 Å². The molecule has 1 fully saturated rings. The molecule has 1 aliphatic carbocycles. The first-order valence-electron chi connectivity index (χ1n) is 5.18. The zero-order valence-electron chi connectivity index (χ0n) is 8.82. The molecule has 2 N–H and O–H groups in total. The highest BCUT2D eigenvalue weighted by Crippen LogP contribution is 2.29. The minimum atomic E-state index is -1.23. The summed E-state index contributed by atoms with van der Waals surface area (Å²) >= 11 is 5.82. The molecule has 88 valence electrons. The molecule has 1 saturated carbocycles. The summed E-state index contributed by atoms with van der Waals surface area (Å²) in [7, 11) is -1.23. The lowest BCUT2D eigenvalue weighted by molar-refractivity contribution is 0.168. The first-order valence-corrected chi connectivity index (χ1v) is 6.87. The van der Waals surface area contributed by atoms with Gasteiger partial charge in [0.25, 0.3) is 0 Å². The molecule has 0 bridgehead atoms. The van der Waals surface area contributed by atoms with Gasteiger partial charge in [-0.25, -0.2) is 0 Å². The fourth-order valence-corrected chi connectivity index (χ4v) is 2.54. The SMILES string of the molecule is Nc1ccc(Cl)cc1S(=O)COCC1CC1. The minimum Gasteiger partial charge on any atom is -0.398 e. The van der Waals surface area contributed by atoms with Gasteiger partial charge in [-0.05, 0) is 37.0 Å². The Labute approximate surface area is 102 Å². The van der Waals surface area contributed by atoms with Crippen LogP contribution in [-0.4, -0.2) is 16.8 Å². The Balaban J connectivity index is 1.93. The molecule has 1 aromatic rings. The fourth-order valence-electron chi connectivity index (χ4n) is 1.34. The Bertz CT molecular complexity index is 407. The van der Waals surface area contributed by atoms with E-state index in [1.54, 1.807) is 18.2 Å². The molecule has 5 heteroatoms. The molecule has 0 aromatic heterocycles. The maximum absolute atomic E-state index is 11.9. The van der Waals surface area contributed by atoms with Crippen LogP contribution in [-0.2, 0) is 15.5 Å². The molecular formula is C11H14ClNO2S. The van der Waals surface area contributed by atoms with Gasteiger partial charge in [-0.2, -0.15) is 0 Å². The van der Waals surface area contributed by atoms with Gasteiger partial charge in [-0.1, -0.05) is 11.6 Å². The fraction of sp³-hybridized carbons (Fsp3) is 0.455. The van der Waals surface area contributed by atoms with Crippen molar-refractivity contribution < 1.29 is 8.95 Å². The van der Waals surface area contributed by atoms with Crippen LogP contribution in [0.25, 0.3) is 0 Å². The standard InChI is InChI=1S/C11H14ClNO2S/c12-9-3-4-10(13)11(5-9)16(14)7-15-6-8-1-2-8/h3-5,8H,1-2,6-7,13H2. The molecule has 16 heavy (non-hydrogen) atoms. The number of hydrogen-bond acceptors (Lipinski definition) is 3. The van der Waals surface area contributed by atoms with E-state index in [1.165, 1.54) is 12.8 Å². The molecule has 1 aromatic carbocycles. The zero-order chi connectivity index (χ0) is 11.5. The van der Waals surface area contributed by atoms with Gasteiger partial charge in [0.05, 0.1) is 22.3 Å². The Hall–Kier alpha value is -0.580. The second-order valence-corrected chi connectivity index (χ2v) is 5.76. The van der Waals surface area contributed by atoms with Gasteiger partial charge in [-0.15, -0.1) is 0 Å². The number of nitrogens with two attached hydrogens (primary N) is 1. The van der Waals surface area contributed by atoms with Crippen LogP contribution in [0, 0.1) is 5.92 Å². The van der Waals surface area contributed by atoms with Gasteiger partial charge in [0.2, 0.25) is 0 Å². The molecule has 0 radical (unpaired) electrons. The summed E-state index contributed by atoms with van der Waals surface area (Å²) in [6, 6.07) is 4.98. The van der Waals surface area contributed by atoms with E-state index in [0.717, 1.165) is 0 Å². The van der Waals surface area contributed by atoms with Gasteiger partial charge in [0.15, 0.2) is 0 Å². The van der Waals surface area contributed by atoms with E-state index in [-0.39, 0.29) is 5.94 Å². The number of rotatable bonds is 5. The van der Waals surface area contributed by atoms with E-state index in [0.29, 0.717) is 28.1 Å². The van der Waals surface area contributed by atoms with Crippen LogP contribution in [0.5, 0.6) is 0 Å². The van der Waals surface area contributed by atoms with Crippen molar-refractivity contribution in [3.05, 3.63) is 23.2 Å². The molecule has 0 heterocycles. The first kappa shape index (κ1) is 11.9. The van der Waals surface area contributed by atoms with Crippen LogP contribution in [0.15, 0.2) is 23.1 Å². The van der Waals surface area contributed by atoms with Crippen LogP contribution in [0.1, 0.15) is 12.8 Å². The first-order chi connectivity index (χ1) is 7.66. The number of hydrogen-bond donors (Lipinski definition) is 1. The summed E-state index contributed by atoms with van der Waals surface area (Å²) in [5.41, 5.74) is 6.22. The molecule has 2 rings (SSSR count). The molecule has 3 nitrogen and oxygen atoms in total. The summed E-state index contributed by atoms with van der Waals surface area (Å²) in [4.78, 5) is 0.559. The molecule has 0 spiro atoms. The van der Waals surface area contributed by atoms with Crippen molar-refractivity contribution in [2.75, 3.05) is 18.3 Å². The predicted octanol–water partition coefficient (Wildman–Crippen LogP) is 2.41. The Kier molecular flexibility index (Phi) is 3.84. The zero-order valence-corrected chi connectivity index (χ0v) is 10.4. The molecular weight excluding hydrogens is 246 g/mol. The molecule has 1 atom stereocenters. The third kappa shape index (κ3) is 3.20. The van der Waals surface area contributed by atoms with E-state index in [9.17, 15) is 4.21 Å². The summed E-state index contributed by atoms with van der Waals surface area (Å²) in [6.45, 7) is 0.701. The van der Waals surface area contributed by atoms with Crippen molar-refractivity contribution in [2.24, 2.45) is 5.92 Å². The Morgan fingerprint density at radius 3 is 2.94 bits per heavy atom. The van der Waals surface area contributed by atoms with Crippen LogP contribution in [0.2, 0.25) is 5.02 Å². The van der Waals surface area contributed by atoms with Gasteiger partial charge in [-0.3, -0.25) is 4.21 Å². The normalized spacial score (nSPS) is 17.3. The van der Waals surface area contributed by atoms with Crippen LogP contribution in [0.4, 0.5) is 5.69 Å². The van der Waals surface area contributed by atoms with Crippen molar-refractivity contribution in [1.29, 1.82) is 0 Å². The monoisotopic (exact) mass is 259 g/mol. The number of halogens is 1. The van der Waals surface area contributed by atoms with Crippen molar-refractivity contribution in [2.45, 2.75) is 17.7 Å². The summed E-state index contributed by atoms with van der Waals surface area (Å²) in [6.07, 6.45) is 2.46. The molecule has 0 aliphatic heterocycles. The highest BCUT2D eigenvalue weighted by Gasteiger charge is 2.21. The van der Waals surface area contributed by atoms with Crippen molar-refractivity contribution in [3.63, 3.8) is 0 Å². The van der Waals surface area contributed by atoms with Crippen molar-refractivity contribution >= 4 is 28.1 Å². The second kappa shape index (κ2) is 5.17. The van der Waals surface area contributed by atoms with Gasteiger partial charge < -0.3 is 10.5 Å². The maximum Gasteiger partial charge on any atom is 0.126 e. The van der Waals surface area contributed by atoms with Crippen molar-refractivity contribution in [1.82, 2.24) is 0 Å². The third-order valence-corrected chi connectivity index (χ3v) is 3.92. The van der Waals surface area contributed by atoms with Gasteiger partial charge >= 0.3 is 0 Å². The van der Waals surface area contributed by atoms with Crippen molar-refractivity contribution in [3.8, 4) is 0 Å². The third-order valence-electron chi connectivity index (χ3n) is 2.46. The summed E-state index contributed by atoms with van der Waals surface area (Å²) in [5, 5.41) is 0.541. The lowest BCUT2D eigenvalue weighted by Crippen LogP contribution is -2.07. The quantitative estimate of drug-likeness (QED) is 0.827. The van der Waals surface area contributed by atoms with E-state index in [4.69, 9.17) is 22.1 Å². The van der Waals surface area contributed by atoms with E-state index >= 15 is 0 Å². The van der Waals surface area contributed by atoms with E-state index < -0.39 is 10.8 Å². The molecule has 1 aliphatic rings. The molecule has 1 unspecified atom stereocenters. The van der Waals surface area contributed by atoms with Gasteiger partial charge in [0.1, 0.15) is 5.94 Å². The number of nitrogen functional groups attached to an aromatic ring is 1. The Morgan fingerprint density at radius 1 is 1.50 bits per heavy atom. The van der Waals surface area contributed by atoms with Crippen LogP contribution in [0.3, 0.4) is 0 Å². The highest BCUT2D eigenvalue weighted by molar-refractivity contribution is 7.85. The largest absolute Gasteiger partial charge is 0.398 e. The summed E-state index contributed by atoms with van der Waals surface area (Å²) < 4.78 is 17.2. The van der Waals surface area contributed by atoms with Crippen LogP contribution < -0.4 is 5.73 Å². The number of anilines is 1. The average Bonchev–Trinajstić information content (AvgIpc) is 3.05. The maximum atomic E-state index is 11.9. The molecule has 0 saturated heterocycles. The lowest BCUT2D eigenvalue weighted by Gasteiger charge is -2.06. The highest BCUT2D eigenvalue weighted by atomic mass is 35.5.